The molecule has 0 amide bonds. The summed E-state index contributed by atoms with van der Waals surface area (Å²) in [6.45, 7) is 3.44. The second-order valence-corrected chi connectivity index (χ2v) is 5.65. The molecule has 17 heavy (non-hydrogen) atoms. The quantitative estimate of drug-likeness (QED) is 0.771. The van der Waals surface area contributed by atoms with Crippen molar-refractivity contribution in [2.24, 2.45) is 5.92 Å². The molecule has 1 heteroatoms. The van der Waals surface area contributed by atoms with Gasteiger partial charge in [0.2, 0.25) is 0 Å². The van der Waals surface area contributed by atoms with Crippen molar-refractivity contribution in [3.05, 3.63) is 35.4 Å². The van der Waals surface area contributed by atoms with Crippen molar-refractivity contribution in [3.8, 4) is 0 Å². The van der Waals surface area contributed by atoms with Crippen LogP contribution in [0.15, 0.2) is 24.3 Å². The van der Waals surface area contributed by atoms with E-state index in [1.54, 1.807) is 5.56 Å². The summed E-state index contributed by atoms with van der Waals surface area (Å²) in [5.41, 5.74) is 3.16. The molecule has 2 aliphatic rings. The molecule has 1 nitrogen and oxygen atoms in total. The molecular weight excluding hydrogens is 206 g/mol. The first kappa shape index (κ1) is 11.3. The maximum absolute atomic E-state index is 3.80. The minimum atomic E-state index is 0.765. The van der Waals surface area contributed by atoms with Gasteiger partial charge in [0.25, 0.3) is 0 Å². The second-order valence-electron chi connectivity index (χ2n) is 5.65. The summed E-state index contributed by atoms with van der Waals surface area (Å²) in [6.07, 6.45) is 6.95. The number of hydrogen-bond donors (Lipinski definition) is 1. The van der Waals surface area contributed by atoms with Crippen LogP contribution in [0, 0.1) is 5.92 Å². The summed E-state index contributed by atoms with van der Waals surface area (Å²) in [7, 11) is 0. The van der Waals surface area contributed by atoms with Gasteiger partial charge in [-0.05, 0) is 42.2 Å². The van der Waals surface area contributed by atoms with Gasteiger partial charge in [0.15, 0.2) is 0 Å². The Kier molecular flexibility index (Phi) is 3.19. The van der Waals surface area contributed by atoms with Crippen molar-refractivity contribution < 1.29 is 0 Å². The largest absolute Gasteiger partial charge is 0.310 e. The summed E-state index contributed by atoms with van der Waals surface area (Å²) in [5, 5.41) is 3.80. The van der Waals surface area contributed by atoms with E-state index in [0.29, 0.717) is 0 Å². The molecule has 1 aliphatic heterocycles. The molecule has 1 aromatic carbocycles. The van der Waals surface area contributed by atoms with Gasteiger partial charge in [-0.2, -0.15) is 0 Å². The van der Waals surface area contributed by atoms with Gasteiger partial charge in [0, 0.05) is 12.6 Å². The lowest BCUT2D eigenvalue weighted by molar-refractivity contribution is 0.230. The Balaban J connectivity index is 1.98. The van der Waals surface area contributed by atoms with Gasteiger partial charge in [0.1, 0.15) is 0 Å². The van der Waals surface area contributed by atoms with Gasteiger partial charge >= 0.3 is 0 Å². The fourth-order valence-electron chi connectivity index (χ4n) is 3.95. The van der Waals surface area contributed by atoms with Gasteiger partial charge in [-0.25, -0.2) is 0 Å². The first-order valence-corrected chi connectivity index (χ1v) is 7.21. The van der Waals surface area contributed by atoms with Crippen molar-refractivity contribution in [1.82, 2.24) is 5.32 Å². The number of rotatable bonds is 1. The van der Waals surface area contributed by atoms with Crippen LogP contribution in [-0.2, 0) is 6.54 Å². The summed E-state index contributed by atoms with van der Waals surface area (Å²) < 4.78 is 0. The van der Waals surface area contributed by atoms with Gasteiger partial charge in [0.05, 0.1) is 0 Å². The third kappa shape index (κ3) is 2.01. The zero-order valence-corrected chi connectivity index (χ0v) is 10.8. The third-order valence-corrected chi connectivity index (χ3v) is 4.79. The summed E-state index contributed by atoms with van der Waals surface area (Å²) in [5.74, 6) is 1.66. The van der Waals surface area contributed by atoms with Crippen LogP contribution in [0.2, 0.25) is 0 Å². The molecule has 3 unspecified atom stereocenters. The number of hydrogen-bond acceptors (Lipinski definition) is 1. The average Bonchev–Trinajstić information content (AvgIpc) is 2.55. The molecule has 1 saturated carbocycles. The first-order valence-electron chi connectivity index (χ1n) is 7.21. The molecule has 3 rings (SSSR count). The van der Waals surface area contributed by atoms with Gasteiger partial charge < -0.3 is 5.32 Å². The van der Waals surface area contributed by atoms with E-state index < -0.39 is 0 Å². The van der Waals surface area contributed by atoms with Crippen LogP contribution >= 0.6 is 0 Å². The lowest BCUT2D eigenvalue weighted by Gasteiger charge is -2.35. The maximum atomic E-state index is 3.80. The molecule has 1 aliphatic carbocycles. The molecule has 3 atom stereocenters. The molecule has 1 fully saturated rings. The van der Waals surface area contributed by atoms with Gasteiger partial charge in [-0.3, -0.25) is 0 Å². The Morgan fingerprint density at radius 3 is 2.88 bits per heavy atom. The number of fused-ring (bicyclic) bond motifs is 2. The van der Waals surface area contributed by atoms with Crippen LogP contribution in [0.3, 0.4) is 0 Å². The molecule has 92 valence electrons. The molecule has 1 heterocycles. The molecule has 1 aromatic rings. The Morgan fingerprint density at radius 2 is 2.00 bits per heavy atom. The van der Waals surface area contributed by atoms with Crippen LogP contribution in [-0.4, -0.2) is 6.04 Å². The zero-order chi connectivity index (χ0) is 11.7. The number of benzene rings is 1. The highest BCUT2D eigenvalue weighted by molar-refractivity contribution is 5.32. The Hall–Kier alpha value is -0.820. The lowest BCUT2D eigenvalue weighted by Crippen LogP contribution is -2.38. The maximum Gasteiger partial charge on any atom is 0.0211 e. The third-order valence-electron chi connectivity index (χ3n) is 4.79. The highest BCUT2D eigenvalue weighted by atomic mass is 14.9. The topological polar surface area (TPSA) is 12.0 Å². The molecule has 0 bridgehead atoms. The predicted molar refractivity (Wildman–Crippen MR) is 72.1 cm³/mol. The monoisotopic (exact) mass is 229 g/mol. The van der Waals surface area contributed by atoms with E-state index in [9.17, 15) is 0 Å². The van der Waals surface area contributed by atoms with Crippen molar-refractivity contribution in [2.75, 3.05) is 0 Å². The zero-order valence-electron chi connectivity index (χ0n) is 10.8. The molecule has 0 radical (unpaired) electrons. The van der Waals surface area contributed by atoms with Crippen LogP contribution < -0.4 is 5.32 Å². The molecule has 0 aromatic heterocycles. The number of nitrogens with one attached hydrogen (secondary N) is 1. The standard InChI is InChI=1S/C16H23N/c1-2-13-14-8-4-3-7-12(14)11-17-16-10-6-5-9-15(13)16/h3-4,7-8,13,15-17H,2,5-6,9-11H2,1H3. The van der Waals surface area contributed by atoms with Gasteiger partial charge in [-0.1, -0.05) is 44.0 Å². The Bertz CT molecular complexity index is 385. The minimum absolute atomic E-state index is 0.765. The van der Waals surface area contributed by atoms with Crippen LogP contribution in [0.5, 0.6) is 0 Å². The van der Waals surface area contributed by atoms with E-state index in [4.69, 9.17) is 0 Å². The summed E-state index contributed by atoms with van der Waals surface area (Å²) >= 11 is 0. The lowest BCUT2D eigenvalue weighted by atomic mass is 9.73. The summed E-state index contributed by atoms with van der Waals surface area (Å²) in [4.78, 5) is 0. The van der Waals surface area contributed by atoms with Crippen molar-refractivity contribution >= 4 is 0 Å². The van der Waals surface area contributed by atoms with E-state index >= 15 is 0 Å². The Morgan fingerprint density at radius 1 is 1.18 bits per heavy atom. The van der Waals surface area contributed by atoms with Crippen LogP contribution in [0.4, 0.5) is 0 Å². The van der Waals surface area contributed by atoms with E-state index in [2.05, 4.69) is 36.5 Å². The van der Waals surface area contributed by atoms with Gasteiger partial charge in [-0.15, -0.1) is 0 Å². The molecule has 0 saturated heterocycles. The molecule has 1 N–H and O–H groups in total. The average molecular weight is 229 g/mol. The predicted octanol–water partition coefficient (Wildman–Crippen LogP) is 3.84. The highest BCUT2D eigenvalue weighted by Gasteiger charge is 2.34. The van der Waals surface area contributed by atoms with Crippen molar-refractivity contribution in [3.63, 3.8) is 0 Å². The highest BCUT2D eigenvalue weighted by Crippen LogP contribution is 2.41. The van der Waals surface area contributed by atoms with Crippen molar-refractivity contribution in [2.45, 2.75) is 57.5 Å². The smallest absolute Gasteiger partial charge is 0.0211 e. The van der Waals surface area contributed by atoms with E-state index in [1.165, 1.54) is 37.7 Å². The fraction of sp³-hybridized carbons (Fsp3) is 0.625. The van der Waals surface area contributed by atoms with E-state index in [0.717, 1.165) is 24.4 Å². The molecular formula is C16H23N. The SMILES string of the molecule is CCC1c2ccccc2CNC2CCCCC21. The molecule has 0 spiro atoms. The fourth-order valence-corrected chi connectivity index (χ4v) is 3.95. The Labute approximate surface area is 105 Å². The van der Waals surface area contributed by atoms with Crippen LogP contribution in [0.1, 0.15) is 56.1 Å². The minimum Gasteiger partial charge on any atom is -0.310 e. The first-order chi connectivity index (χ1) is 8.40. The second kappa shape index (κ2) is 4.81. The summed E-state index contributed by atoms with van der Waals surface area (Å²) in [6, 6.07) is 9.83. The van der Waals surface area contributed by atoms with E-state index in [1.807, 2.05) is 0 Å². The van der Waals surface area contributed by atoms with Crippen LogP contribution in [0.25, 0.3) is 0 Å². The normalized spacial score (nSPS) is 32.4. The van der Waals surface area contributed by atoms with Crippen molar-refractivity contribution in [1.29, 1.82) is 0 Å². The van der Waals surface area contributed by atoms with E-state index in [-0.39, 0.29) is 0 Å².